The van der Waals surface area contributed by atoms with E-state index in [4.69, 9.17) is 10.5 Å². The predicted molar refractivity (Wildman–Crippen MR) is 91.6 cm³/mol. The van der Waals surface area contributed by atoms with Crippen LogP contribution < -0.4 is 10.6 Å². The molecule has 2 aromatic rings. The molecule has 0 aliphatic carbocycles. The molecular formula is C19H16N4O. The highest BCUT2D eigenvalue weighted by Gasteiger charge is 2.08. The number of nitriles is 2. The molecule has 5 nitrogen and oxygen atoms in total. The average molecular weight is 316 g/mol. The van der Waals surface area contributed by atoms with Gasteiger partial charge in [-0.05, 0) is 24.1 Å². The van der Waals surface area contributed by atoms with Gasteiger partial charge in [0.25, 0.3) is 5.91 Å². The molecule has 1 amide bonds. The van der Waals surface area contributed by atoms with Crippen molar-refractivity contribution in [3.8, 4) is 12.1 Å². The number of para-hydroxylation sites is 1. The predicted octanol–water partition coefficient (Wildman–Crippen LogP) is 2.74. The Labute approximate surface area is 140 Å². The number of carbonyl (C=O) groups excluding carboxylic acids is 1. The molecule has 0 spiro atoms. The third-order valence-corrected chi connectivity index (χ3v) is 3.33. The number of amides is 1. The van der Waals surface area contributed by atoms with Crippen LogP contribution in [0.2, 0.25) is 0 Å². The van der Waals surface area contributed by atoms with Gasteiger partial charge in [0.15, 0.2) is 0 Å². The Morgan fingerprint density at radius 3 is 2.46 bits per heavy atom. The Hall–Kier alpha value is -3.57. The van der Waals surface area contributed by atoms with Gasteiger partial charge in [-0.2, -0.15) is 10.5 Å². The molecule has 0 aromatic heterocycles. The third-order valence-electron chi connectivity index (χ3n) is 3.33. The minimum atomic E-state index is -0.449. The van der Waals surface area contributed by atoms with Gasteiger partial charge >= 0.3 is 0 Å². The maximum Gasteiger partial charge on any atom is 0.263 e. The van der Waals surface area contributed by atoms with Gasteiger partial charge in [-0.25, -0.2) is 0 Å². The van der Waals surface area contributed by atoms with Crippen LogP contribution in [0.25, 0.3) is 0 Å². The van der Waals surface area contributed by atoms with Crippen LogP contribution in [0.15, 0.2) is 66.4 Å². The van der Waals surface area contributed by atoms with Crippen molar-refractivity contribution < 1.29 is 4.79 Å². The second-order valence-corrected chi connectivity index (χ2v) is 4.96. The zero-order chi connectivity index (χ0) is 17.2. The summed E-state index contributed by atoms with van der Waals surface area (Å²) in [5, 5.41) is 23.7. The van der Waals surface area contributed by atoms with E-state index < -0.39 is 5.91 Å². The fraction of sp³-hybridized carbons (Fsp3) is 0.105. The molecule has 24 heavy (non-hydrogen) atoms. The molecule has 0 aliphatic heterocycles. The smallest absolute Gasteiger partial charge is 0.263 e. The van der Waals surface area contributed by atoms with Crippen molar-refractivity contribution in [1.29, 1.82) is 10.5 Å². The summed E-state index contributed by atoms with van der Waals surface area (Å²) in [5.41, 5.74) is 2.05. The van der Waals surface area contributed by atoms with Gasteiger partial charge in [-0.15, -0.1) is 0 Å². The Morgan fingerprint density at radius 1 is 1.04 bits per heavy atom. The quantitative estimate of drug-likeness (QED) is 0.633. The molecule has 0 saturated carbocycles. The first kappa shape index (κ1) is 16.8. The molecule has 0 fully saturated rings. The van der Waals surface area contributed by atoms with Crippen LogP contribution in [0.5, 0.6) is 0 Å². The summed E-state index contributed by atoms with van der Waals surface area (Å²) < 4.78 is 0. The van der Waals surface area contributed by atoms with E-state index in [1.54, 1.807) is 24.3 Å². The van der Waals surface area contributed by atoms with Gasteiger partial charge < -0.3 is 10.6 Å². The molecule has 0 heterocycles. The van der Waals surface area contributed by atoms with Gasteiger partial charge in [0.1, 0.15) is 17.7 Å². The molecule has 0 unspecified atom stereocenters. The lowest BCUT2D eigenvalue weighted by molar-refractivity contribution is -0.117. The first-order valence-electron chi connectivity index (χ1n) is 7.42. The summed E-state index contributed by atoms with van der Waals surface area (Å²) in [4.78, 5) is 12.0. The lowest BCUT2D eigenvalue weighted by atomic mass is 10.1. The van der Waals surface area contributed by atoms with E-state index in [0.717, 1.165) is 5.56 Å². The van der Waals surface area contributed by atoms with Crippen LogP contribution in [0.4, 0.5) is 5.69 Å². The van der Waals surface area contributed by atoms with Gasteiger partial charge in [0.05, 0.1) is 11.3 Å². The second-order valence-electron chi connectivity index (χ2n) is 4.96. The lowest BCUT2D eigenvalue weighted by Crippen LogP contribution is -2.27. The molecule has 0 bridgehead atoms. The van der Waals surface area contributed by atoms with Crippen molar-refractivity contribution in [1.82, 2.24) is 5.32 Å². The van der Waals surface area contributed by atoms with Crippen molar-refractivity contribution in [2.45, 2.75) is 6.42 Å². The van der Waals surface area contributed by atoms with E-state index in [-0.39, 0.29) is 5.57 Å². The summed E-state index contributed by atoms with van der Waals surface area (Å²) in [6, 6.07) is 20.5. The summed E-state index contributed by atoms with van der Waals surface area (Å²) in [6.45, 7) is 0.441. The molecule has 0 atom stereocenters. The van der Waals surface area contributed by atoms with Crippen LogP contribution in [-0.2, 0) is 11.2 Å². The molecule has 0 radical (unpaired) electrons. The zero-order valence-corrected chi connectivity index (χ0v) is 13.0. The van der Waals surface area contributed by atoms with Gasteiger partial charge in [-0.1, -0.05) is 42.5 Å². The Morgan fingerprint density at radius 2 is 1.75 bits per heavy atom. The van der Waals surface area contributed by atoms with E-state index >= 15 is 0 Å². The number of rotatable bonds is 6. The molecule has 2 aromatic carbocycles. The lowest BCUT2D eigenvalue weighted by Gasteiger charge is -2.06. The monoisotopic (exact) mass is 316 g/mol. The number of benzene rings is 2. The van der Waals surface area contributed by atoms with E-state index in [0.29, 0.717) is 24.2 Å². The van der Waals surface area contributed by atoms with Crippen molar-refractivity contribution in [2.75, 3.05) is 11.9 Å². The van der Waals surface area contributed by atoms with Crippen molar-refractivity contribution >= 4 is 11.6 Å². The van der Waals surface area contributed by atoms with E-state index in [9.17, 15) is 4.79 Å². The van der Waals surface area contributed by atoms with Crippen molar-refractivity contribution in [3.05, 3.63) is 77.5 Å². The molecule has 118 valence electrons. The van der Waals surface area contributed by atoms with E-state index in [2.05, 4.69) is 10.6 Å². The standard InChI is InChI=1S/C19H16N4O/c20-12-16-8-4-5-9-18(16)23-14-17(13-21)19(24)22-11-10-15-6-2-1-3-7-15/h1-9,14,23H,10-11H2,(H,22,24)/b17-14-. The highest BCUT2D eigenvalue weighted by atomic mass is 16.1. The average Bonchev–Trinajstić information content (AvgIpc) is 2.63. The van der Waals surface area contributed by atoms with Crippen molar-refractivity contribution in [2.24, 2.45) is 0 Å². The van der Waals surface area contributed by atoms with E-state index in [1.165, 1.54) is 6.20 Å². The third kappa shape index (κ3) is 4.72. The van der Waals surface area contributed by atoms with Crippen LogP contribution in [0.1, 0.15) is 11.1 Å². The van der Waals surface area contributed by atoms with Gasteiger partial charge in [0, 0.05) is 12.7 Å². The largest absolute Gasteiger partial charge is 0.359 e. The number of anilines is 1. The Balaban J connectivity index is 1.94. The summed E-state index contributed by atoms with van der Waals surface area (Å²) in [7, 11) is 0. The molecule has 0 saturated heterocycles. The first-order valence-corrected chi connectivity index (χ1v) is 7.42. The number of carbonyl (C=O) groups is 1. The van der Waals surface area contributed by atoms with Crippen LogP contribution in [0.3, 0.4) is 0 Å². The second kappa shape index (κ2) is 8.77. The number of nitrogens with zero attached hydrogens (tertiary/aromatic N) is 2. The topological polar surface area (TPSA) is 88.7 Å². The highest BCUT2D eigenvalue weighted by Crippen LogP contribution is 2.13. The number of hydrogen-bond acceptors (Lipinski definition) is 4. The molecule has 5 heteroatoms. The molecule has 2 rings (SSSR count). The fourth-order valence-corrected chi connectivity index (χ4v) is 2.07. The summed E-state index contributed by atoms with van der Waals surface area (Å²) >= 11 is 0. The van der Waals surface area contributed by atoms with Crippen LogP contribution in [-0.4, -0.2) is 12.5 Å². The number of hydrogen-bond donors (Lipinski definition) is 2. The first-order chi connectivity index (χ1) is 11.7. The fourth-order valence-electron chi connectivity index (χ4n) is 2.07. The van der Waals surface area contributed by atoms with E-state index in [1.807, 2.05) is 42.5 Å². The molecular weight excluding hydrogens is 300 g/mol. The van der Waals surface area contributed by atoms with Gasteiger partial charge in [0.2, 0.25) is 0 Å². The Kier molecular flexibility index (Phi) is 6.14. The number of nitrogens with one attached hydrogen (secondary N) is 2. The highest BCUT2D eigenvalue weighted by molar-refractivity contribution is 5.97. The van der Waals surface area contributed by atoms with Gasteiger partial charge in [-0.3, -0.25) is 4.79 Å². The van der Waals surface area contributed by atoms with Crippen LogP contribution >= 0.6 is 0 Å². The maximum atomic E-state index is 12.0. The minimum Gasteiger partial charge on any atom is -0.359 e. The van der Waals surface area contributed by atoms with Crippen molar-refractivity contribution in [3.63, 3.8) is 0 Å². The Bertz CT molecular complexity index is 813. The SMILES string of the molecule is N#C/C(=C/Nc1ccccc1C#N)C(=O)NCCc1ccccc1. The molecule has 0 aliphatic rings. The maximum absolute atomic E-state index is 12.0. The summed E-state index contributed by atoms with van der Waals surface area (Å²) in [5.74, 6) is -0.449. The zero-order valence-electron chi connectivity index (χ0n) is 13.0. The summed E-state index contributed by atoms with van der Waals surface area (Å²) in [6.07, 6.45) is 2.00. The minimum absolute atomic E-state index is 0.0456. The van der Waals surface area contributed by atoms with Crippen LogP contribution in [0, 0.1) is 22.7 Å². The molecule has 2 N–H and O–H groups in total. The normalized spacial score (nSPS) is 10.3.